The largest absolute Gasteiger partial charge is 0.497 e. The smallest absolute Gasteiger partial charge is 0.268 e. The Bertz CT molecular complexity index is 1670. The third-order valence-corrected chi connectivity index (χ3v) is 7.90. The number of fused-ring (bicyclic) bond motifs is 2. The number of benzene rings is 4. The number of methoxy groups -OCH3 is 3. The van der Waals surface area contributed by atoms with E-state index in [2.05, 4.69) is 0 Å². The number of hydrogen-bond acceptors (Lipinski definition) is 5. The number of rotatable bonds is 6. The van der Waals surface area contributed by atoms with Gasteiger partial charge in [-0.2, -0.15) is 0 Å². The van der Waals surface area contributed by atoms with Crippen LogP contribution in [0.3, 0.4) is 0 Å². The molecule has 0 radical (unpaired) electrons. The summed E-state index contributed by atoms with van der Waals surface area (Å²) in [6, 6.07) is 22.0. The summed E-state index contributed by atoms with van der Waals surface area (Å²) in [7, 11) is 0.882. The Balaban J connectivity index is 1.90. The molecule has 6 nitrogen and oxygen atoms in total. The Hall–Kier alpha value is -3.97. The van der Waals surface area contributed by atoms with Gasteiger partial charge in [0.2, 0.25) is 0 Å². The average molecular weight is 488 g/mol. The third kappa shape index (κ3) is 3.68. The van der Waals surface area contributed by atoms with Crippen molar-refractivity contribution in [3.05, 3.63) is 84.6 Å². The minimum absolute atomic E-state index is 0.213. The average Bonchev–Trinajstić information content (AvgIpc) is 3.26. The molecule has 0 N–H and O–H groups in total. The maximum atomic E-state index is 13.8. The van der Waals surface area contributed by atoms with Crippen LogP contribution in [-0.4, -0.2) is 33.7 Å². The number of aryl methyl sites for hydroxylation is 1. The molecular weight excluding hydrogens is 462 g/mol. The highest BCUT2D eigenvalue weighted by molar-refractivity contribution is 7.90. The van der Waals surface area contributed by atoms with Crippen molar-refractivity contribution in [3.8, 4) is 28.4 Å². The Kier molecular flexibility index (Phi) is 5.65. The zero-order valence-corrected chi connectivity index (χ0v) is 20.7. The number of hydrogen-bond donors (Lipinski definition) is 0. The van der Waals surface area contributed by atoms with Gasteiger partial charge in [0.25, 0.3) is 10.0 Å². The van der Waals surface area contributed by atoms with Crippen LogP contribution in [0, 0.1) is 6.92 Å². The summed E-state index contributed by atoms with van der Waals surface area (Å²) >= 11 is 0. The third-order valence-electron chi connectivity index (χ3n) is 6.22. The topological polar surface area (TPSA) is 66.8 Å². The van der Waals surface area contributed by atoms with Gasteiger partial charge in [0.1, 0.15) is 5.75 Å². The van der Waals surface area contributed by atoms with Crippen LogP contribution in [0.1, 0.15) is 5.56 Å². The lowest BCUT2D eigenvalue weighted by molar-refractivity contribution is 0.357. The quantitative estimate of drug-likeness (QED) is 0.292. The molecule has 0 saturated heterocycles. The van der Waals surface area contributed by atoms with Gasteiger partial charge < -0.3 is 14.2 Å². The Morgan fingerprint density at radius 1 is 0.771 bits per heavy atom. The first-order chi connectivity index (χ1) is 16.9. The van der Waals surface area contributed by atoms with E-state index in [1.54, 1.807) is 63.9 Å². The molecule has 35 heavy (non-hydrogen) atoms. The normalized spacial score (nSPS) is 11.7. The molecule has 7 heteroatoms. The zero-order valence-electron chi connectivity index (χ0n) is 19.9. The van der Waals surface area contributed by atoms with Crippen molar-refractivity contribution in [2.45, 2.75) is 11.8 Å². The number of aromatic nitrogens is 1. The van der Waals surface area contributed by atoms with E-state index in [0.717, 1.165) is 27.3 Å². The molecule has 0 bridgehead atoms. The highest BCUT2D eigenvalue weighted by Gasteiger charge is 2.26. The van der Waals surface area contributed by atoms with Gasteiger partial charge in [-0.25, -0.2) is 12.4 Å². The summed E-state index contributed by atoms with van der Waals surface area (Å²) in [5, 5.41) is 2.59. The van der Waals surface area contributed by atoms with Gasteiger partial charge in [-0.3, -0.25) is 0 Å². The molecule has 0 spiro atoms. The van der Waals surface area contributed by atoms with Gasteiger partial charge in [-0.1, -0.05) is 42.0 Å². The summed E-state index contributed by atoms with van der Waals surface area (Å²) in [6.45, 7) is 1.92. The Morgan fingerprint density at radius 3 is 2.20 bits per heavy atom. The Labute approximate surface area is 204 Å². The molecule has 0 amide bonds. The van der Waals surface area contributed by atoms with Crippen LogP contribution in [0.2, 0.25) is 0 Å². The first-order valence-electron chi connectivity index (χ1n) is 11.0. The second-order valence-electron chi connectivity index (χ2n) is 8.25. The van der Waals surface area contributed by atoms with E-state index in [1.165, 1.54) is 3.97 Å². The van der Waals surface area contributed by atoms with Crippen LogP contribution in [-0.2, 0) is 10.0 Å². The Morgan fingerprint density at radius 2 is 1.51 bits per heavy atom. The van der Waals surface area contributed by atoms with Crippen LogP contribution in [0.25, 0.3) is 32.8 Å². The molecule has 0 saturated carbocycles. The van der Waals surface area contributed by atoms with Crippen molar-refractivity contribution < 1.29 is 22.6 Å². The molecule has 5 aromatic rings. The zero-order chi connectivity index (χ0) is 24.7. The molecule has 1 aromatic heterocycles. The summed E-state index contributed by atoms with van der Waals surface area (Å²) in [6.07, 6.45) is 1.66. The van der Waals surface area contributed by atoms with E-state index in [-0.39, 0.29) is 4.90 Å². The van der Waals surface area contributed by atoms with Crippen LogP contribution < -0.4 is 14.2 Å². The fourth-order valence-corrected chi connectivity index (χ4v) is 5.82. The monoisotopic (exact) mass is 487 g/mol. The van der Waals surface area contributed by atoms with Gasteiger partial charge in [0.15, 0.2) is 11.5 Å². The lowest BCUT2D eigenvalue weighted by atomic mass is 9.96. The molecule has 1 heterocycles. The van der Waals surface area contributed by atoms with Crippen molar-refractivity contribution in [2.75, 3.05) is 21.3 Å². The predicted molar refractivity (Wildman–Crippen MR) is 138 cm³/mol. The highest BCUT2D eigenvalue weighted by atomic mass is 32.2. The van der Waals surface area contributed by atoms with Crippen molar-refractivity contribution >= 4 is 31.7 Å². The predicted octanol–water partition coefficient (Wildman–Crippen LogP) is 6.03. The maximum Gasteiger partial charge on any atom is 0.268 e. The van der Waals surface area contributed by atoms with Crippen LogP contribution in [0.5, 0.6) is 17.2 Å². The second kappa shape index (κ2) is 8.67. The summed E-state index contributed by atoms with van der Waals surface area (Å²) in [5.74, 6) is 1.71. The minimum atomic E-state index is -3.87. The van der Waals surface area contributed by atoms with E-state index in [0.29, 0.717) is 28.3 Å². The molecule has 0 fully saturated rings. The van der Waals surface area contributed by atoms with Gasteiger partial charge in [-0.05, 0) is 54.1 Å². The summed E-state index contributed by atoms with van der Waals surface area (Å²) in [5.41, 5.74) is 2.97. The van der Waals surface area contributed by atoms with E-state index >= 15 is 0 Å². The maximum absolute atomic E-state index is 13.8. The van der Waals surface area contributed by atoms with Crippen molar-refractivity contribution in [1.29, 1.82) is 0 Å². The van der Waals surface area contributed by atoms with Gasteiger partial charge >= 0.3 is 0 Å². The van der Waals surface area contributed by atoms with Crippen LogP contribution in [0.15, 0.2) is 83.9 Å². The molecule has 0 aliphatic heterocycles. The molecule has 0 aliphatic rings. The lowest BCUT2D eigenvalue weighted by Gasteiger charge is -2.16. The molecule has 4 aromatic carbocycles. The van der Waals surface area contributed by atoms with Gasteiger partial charge in [-0.15, -0.1) is 0 Å². The standard InChI is InChI=1S/C28H25NO5S/c1-18-9-12-21(13-10-18)35(30,31)29-17-24(23-16-20(32-2)11-14-25(23)29)27-22-8-6-5-7-19(22)15-26(33-3)28(27)34-4/h5-17H,1-4H3. The fourth-order valence-electron chi connectivity index (χ4n) is 4.45. The fraction of sp³-hybridized carbons (Fsp3) is 0.143. The van der Waals surface area contributed by atoms with Crippen LogP contribution >= 0.6 is 0 Å². The number of nitrogens with zero attached hydrogens (tertiary/aromatic N) is 1. The van der Waals surface area contributed by atoms with Crippen molar-refractivity contribution in [3.63, 3.8) is 0 Å². The van der Waals surface area contributed by atoms with E-state index in [4.69, 9.17) is 14.2 Å². The summed E-state index contributed by atoms with van der Waals surface area (Å²) in [4.78, 5) is 0.213. The van der Waals surface area contributed by atoms with Crippen LogP contribution in [0.4, 0.5) is 0 Å². The molecule has 178 valence electrons. The van der Waals surface area contributed by atoms with Gasteiger partial charge in [0, 0.05) is 22.7 Å². The molecule has 0 atom stereocenters. The van der Waals surface area contributed by atoms with Gasteiger partial charge in [0.05, 0.1) is 31.7 Å². The molecule has 0 aliphatic carbocycles. The lowest BCUT2D eigenvalue weighted by Crippen LogP contribution is -2.11. The van der Waals surface area contributed by atoms with Crippen molar-refractivity contribution in [1.82, 2.24) is 3.97 Å². The first-order valence-corrected chi connectivity index (χ1v) is 12.5. The van der Waals surface area contributed by atoms with Crippen molar-refractivity contribution in [2.24, 2.45) is 0 Å². The SMILES string of the molecule is COc1ccc2c(c1)c(-c1c(OC)c(OC)cc3ccccc13)cn2S(=O)(=O)c1ccc(C)cc1. The van der Waals surface area contributed by atoms with E-state index < -0.39 is 10.0 Å². The molecule has 5 rings (SSSR count). The number of ether oxygens (including phenoxy) is 3. The van der Waals surface area contributed by atoms with E-state index in [9.17, 15) is 8.42 Å². The van der Waals surface area contributed by atoms with E-state index in [1.807, 2.05) is 43.3 Å². The molecular formula is C28H25NO5S. The highest BCUT2D eigenvalue weighted by Crippen LogP contribution is 2.47. The second-order valence-corrected chi connectivity index (χ2v) is 10.1. The minimum Gasteiger partial charge on any atom is -0.497 e. The first kappa shape index (κ1) is 22.8. The summed E-state index contributed by atoms with van der Waals surface area (Å²) < 4.78 is 45.8. The molecule has 0 unspecified atom stereocenters.